The van der Waals surface area contributed by atoms with Crippen LogP contribution in [0.5, 0.6) is 0 Å². The summed E-state index contributed by atoms with van der Waals surface area (Å²) in [5.74, 6) is -4.63. The van der Waals surface area contributed by atoms with Gasteiger partial charge in [-0.05, 0) is 19.9 Å². The van der Waals surface area contributed by atoms with Gasteiger partial charge in [-0.25, -0.2) is 28.0 Å². The molecule has 0 spiro atoms. The quantitative estimate of drug-likeness (QED) is 0.509. The Kier molecular flexibility index (Phi) is 8.57. The topological polar surface area (TPSA) is 141 Å². The Morgan fingerprint density at radius 2 is 1.49 bits per heavy atom. The molecule has 2 saturated heterocycles. The SMILES string of the molecule is CN1C[C@@H]2c3nc(N4CCCC4)ncc3CS(=O)(=O)[C@@H]2C1.O=C(O)C(F)(F)F.O=C(O)C(F)(F)F. The number of aliphatic carboxylic acids is 2. The summed E-state index contributed by atoms with van der Waals surface area (Å²) in [7, 11) is -1.09. The fourth-order valence-corrected chi connectivity index (χ4v) is 5.89. The van der Waals surface area contributed by atoms with Gasteiger partial charge in [-0.15, -0.1) is 0 Å². The third-order valence-electron chi connectivity index (χ3n) is 5.38. The van der Waals surface area contributed by atoms with Crippen molar-refractivity contribution in [2.75, 3.05) is 38.1 Å². The average molecular weight is 536 g/mol. The van der Waals surface area contributed by atoms with Gasteiger partial charge < -0.3 is 20.0 Å². The van der Waals surface area contributed by atoms with Gasteiger partial charge in [0, 0.05) is 43.9 Å². The van der Waals surface area contributed by atoms with Crippen LogP contribution < -0.4 is 4.90 Å². The minimum absolute atomic E-state index is 0.00750. The number of anilines is 1. The van der Waals surface area contributed by atoms with Gasteiger partial charge in [-0.1, -0.05) is 0 Å². The monoisotopic (exact) mass is 536 g/mol. The van der Waals surface area contributed by atoms with Gasteiger partial charge >= 0.3 is 24.3 Å². The number of hydrogen-bond donors (Lipinski definition) is 2. The molecule has 3 aliphatic heterocycles. The van der Waals surface area contributed by atoms with E-state index in [1.807, 2.05) is 7.05 Å². The molecule has 17 heteroatoms. The van der Waals surface area contributed by atoms with E-state index in [0.717, 1.165) is 36.8 Å². The van der Waals surface area contributed by atoms with Crippen molar-refractivity contribution < 1.29 is 54.6 Å². The van der Waals surface area contributed by atoms with Gasteiger partial charge in [0.15, 0.2) is 9.84 Å². The maximum atomic E-state index is 12.4. The molecule has 0 bridgehead atoms. The van der Waals surface area contributed by atoms with Crippen LogP contribution in [0.15, 0.2) is 6.20 Å². The van der Waals surface area contributed by atoms with E-state index in [4.69, 9.17) is 24.8 Å². The van der Waals surface area contributed by atoms with Crippen molar-refractivity contribution in [1.29, 1.82) is 0 Å². The predicted molar refractivity (Wildman–Crippen MR) is 108 cm³/mol. The molecular weight excluding hydrogens is 514 g/mol. The molecule has 198 valence electrons. The molecule has 2 fully saturated rings. The highest BCUT2D eigenvalue weighted by atomic mass is 32.2. The number of likely N-dealkylation sites (N-methyl/N-ethyl adjacent to an activating group) is 1. The number of rotatable bonds is 1. The molecule has 0 aliphatic carbocycles. The fourth-order valence-electron chi connectivity index (χ4n) is 3.82. The molecule has 0 saturated carbocycles. The van der Waals surface area contributed by atoms with Gasteiger partial charge in [0.1, 0.15) is 0 Å². The number of likely N-dealkylation sites (tertiary alicyclic amines) is 1. The fraction of sp³-hybridized carbons (Fsp3) is 0.667. The molecule has 10 nitrogen and oxygen atoms in total. The molecule has 2 atom stereocenters. The van der Waals surface area contributed by atoms with Crippen molar-refractivity contribution in [1.82, 2.24) is 14.9 Å². The number of carboxylic acid groups (broad SMARTS) is 2. The van der Waals surface area contributed by atoms with Crippen LogP contribution in [0, 0.1) is 0 Å². The number of halogens is 6. The number of carbonyl (C=O) groups is 2. The molecule has 0 amide bonds. The van der Waals surface area contributed by atoms with Crippen LogP contribution in [0.25, 0.3) is 0 Å². The molecule has 4 rings (SSSR count). The first-order valence-corrected chi connectivity index (χ1v) is 11.8. The molecule has 35 heavy (non-hydrogen) atoms. The summed E-state index contributed by atoms with van der Waals surface area (Å²) >= 11 is 0. The van der Waals surface area contributed by atoms with Gasteiger partial charge in [-0.2, -0.15) is 26.3 Å². The van der Waals surface area contributed by atoms with E-state index >= 15 is 0 Å². The first-order chi connectivity index (χ1) is 15.9. The van der Waals surface area contributed by atoms with Crippen LogP contribution in [-0.2, 0) is 25.2 Å². The van der Waals surface area contributed by atoms with Crippen molar-refractivity contribution in [2.24, 2.45) is 0 Å². The Hall–Kier alpha value is -2.69. The standard InChI is InChI=1S/C14H20N4O2S.2C2HF3O2/c1-17-7-11-12(8-17)21(19,20)9-10-6-15-14(16-13(10)11)18-4-2-3-5-18;2*3-2(4,5)1(6)7/h6,11-12H,2-5,7-9H2,1H3;2*(H,6,7)/t11-,12+;;/m0../s1. The summed E-state index contributed by atoms with van der Waals surface area (Å²) in [5.41, 5.74) is 1.77. The smallest absolute Gasteiger partial charge is 0.475 e. The highest BCUT2D eigenvalue weighted by Gasteiger charge is 2.46. The first kappa shape index (κ1) is 28.5. The van der Waals surface area contributed by atoms with E-state index in [1.165, 1.54) is 12.8 Å². The van der Waals surface area contributed by atoms with Crippen LogP contribution in [0.1, 0.15) is 30.0 Å². The number of hydrogen-bond acceptors (Lipinski definition) is 8. The third kappa shape index (κ3) is 7.39. The number of carboxylic acids is 2. The first-order valence-electron chi connectivity index (χ1n) is 10.0. The number of aromatic nitrogens is 2. The zero-order valence-electron chi connectivity index (χ0n) is 18.2. The lowest BCUT2D eigenvalue weighted by atomic mass is 10.00. The van der Waals surface area contributed by atoms with Crippen LogP contribution in [-0.4, -0.2) is 96.3 Å². The molecule has 1 aromatic heterocycles. The largest absolute Gasteiger partial charge is 0.490 e. The molecular formula is C18H22F6N4O6S. The summed E-state index contributed by atoms with van der Waals surface area (Å²) in [6.45, 7) is 3.40. The number of nitrogens with zero attached hydrogens (tertiary/aromatic N) is 4. The van der Waals surface area contributed by atoms with Crippen molar-refractivity contribution in [2.45, 2.75) is 42.1 Å². The maximum absolute atomic E-state index is 12.4. The van der Waals surface area contributed by atoms with E-state index in [9.17, 15) is 34.8 Å². The third-order valence-corrected chi connectivity index (χ3v) is 7.49. The number of alkyl halides is 6. The lowest BCUT2D eigenvalue weighted by molar-refractivity contribution is -0.193. The Morgan fingerprint density at radius 1 is 1.00 bits per heavy atom. The Bertz CT molecular complexity index is 1020. The molecule has 0 aromatic carbocycles. The van der Waals surface area contributed by atoms with Gasteiger partial charge in [-0.3, -0.25) is 0 Å². The van der Waals surface area contributed by atoms with Crippen molar-refractivity contribution >= 4 is 27.7 Å². The minimum atomic E-state index is -5.08. The molecule has 0 radical (unpaired) electrons. The average Bonchev–Trinajstić information content (AvgIpc) is 3.37. The van der Waals surface area contributed by atoms with E-state index in [1.54, 1.807) is 6.20 Å². The van der Waals surface area contributed by atoms with Crippen LogP contribution in [0.4, 0.5) is 32.3 Å². The lowest BCUT2D eigenvalue weighted by Crippen LogP contribution is -2.35. The molecule has 2 N–H and O–H groups in total. The molecule has 1 aromatic rings. The van der Waals surface area contributed by atoms with E-state index < -0.39 is 34.1 Å². The number of sulfone groups is 1. The van der Waals surface area contributed by atoms with Crippen molar-refractivity contribution in [3.63, 3.8) is 0 Å². The summed E-state index contributed by atoms with van der Waals surface area (Å²) in [6, 6.07) is 0. The van der Waals surface area contributed by atoms with Gasteiger partial charge in [0.05, 0.1) is 16.7 Å². The normalized spacial score (nSPS) is 23.2. The lowest BCUT2D eigenvalue weighted by Gasteiger charge is -2.27. The molecule has 4 heterocycles. The summed E-state index contributed by atoms with van der Waals surface area (Å²) in [4.78, 5) is 31.3. The minimum Gasteiger partial charge on any atom is -0.475 e. The van der Waals surface area contributed by atoms with E-state index in [2.05, 4.69) is 14.8 Å². The highest BCUT2D eigenvalue weighted by Crippen LogP contribution is 2.39. The summed E-state index contributed by atoms with van der Waals surface area (Å²) < 4.78 is 88.3. The second-order valence-electron chi connectivity index (χ2n) is 8.05. The van der Waals surface area contributed by atoms with E-state index in [-0.39, 0.29) is 16.9 Å². The van der Waals surface area contributed by atoms with Crippen molar-refractivity contribution in [3.8, 4) is 0 Å². The summed E-state index contributed by atoms with van der Waals surface area (Å²) in [6.07, 6.45) is -6.06. The second kappa shape index (κ2) is 10.5. The van der Waals surface area contributed by atoms with Gasteiger partial charge in [0.2, 0.25) is 5.95 Å². The predicted octanol–water partition coefficient (Wildman–Crippen LogP) is 1.67. The van der Waals surface area contributed by atoms with Crippen LogP contribution in [0.2, 0.25) is 0 Å². The van der Waals surface area contributed by atoms with Crippen molar-refractivity contribution in [3.05, 3.63) is 17.5 Å². The molecule has 0 unspecified atom stereocenters. The van der Waals surface area contributed by atoms with E-state index in [0.29, 0.717) is 6.54 Å². The summed E-state index contributed by atoms with van der Waals surface area (Å²) in [5, 5.41) is 14.0. The zero-order chi connectivity index (χ0) is 26.8. The second-order valence-corrected chi connectivity index (χ2v) is 10.3. The Labute approximate surface area is 195 Å². The highest BCUT2D eigenvalue weighted by molar-refractivity contribution is 7.91. The zero-order valence-corrected chi connectivity index (χ0v) is 19.0. The van der Waals surface area contributed by atoms with Crippen LogP contribution >= 0.6 is 0 Å². The molecule has 3 aliphatic rings. The van der Waals surface area contributed by atoms with Gasteiger partial charge in [0.25, 0.3) is 0 Å². The Balaban J connectivity index is 0.000000257. The Morgan fingerprint density at radius 3 is 1.94 bits per heavy atom. The maximum Gasteiger partial charge on any atom is 0.490 e. The van der Waals surface area contributed by atoms with Crippen LogP contribution in [0.3, 0.4) is 0 Å². The number of fused-ring (bicyclic) bond motifs is 3.